The minimum atomic E-state index is -3.75. The lowest BCUT2D eigenvalue weighted by molar-refractivity contribution is 0.226. The molecule has 0 fully saturated rings. The van der Waals surface area contributed by atoms with Crippen LogP contribution in [0.25, 0.3) is 0 Å². The number of hydrogen-bond donors (Lipinski definition) is 3. The third-order valence-electron chi connectivity index (χ3n) is 3.12. The van der Waals surface area contributed by atoms with Gasteiger partial charge in [-0.05, 0) is 6.42 Å². The third-order valence-corrected chi connectivity index (χ3v) is 4.14. The van der Waals surface area contributed by atoms with Crippen LogP contribution in [-0.2, 0) is 0 Å². The molecule has 3 nitrogen and oxygen atoms in total. The van der Waals surface area contributed by atoms with Crippen molar-refractivity contribution in [3.05, 3.63) is 0 Å². The predicted octanol–water partition coefficient (Wildman–Crippen LogP) is 3.21. The van der Waals surface area contributed by atoms with E-state index in [4.69, 9.17) is 14.4 Å². The standard InChI is InChI=1S/C13H30O3Si/c1-2-3-4-5-6-7-8-9-10-11-12-13-17(14,15)16/h14-16H,2-13H2,1H3. The van der Waals surface area contributed by atoms with E-state index in [1.807, 2.05) is 0 Å². The molecule has 0 aromatic carbocycles. The van der Waals surface area contributed by atoms with Crippen LogP contribution in [0.4, 0.5) is 0 Å². The first-order valence-electron chi connectivity index (χ1n) is 7.23. The van der Waals surface area contributed by atoms with Gasteiger partial charge in [0.2, 0.25) is 0 Å². The van der Waals surface area contributed by atoms with Gasteiger partial charge in [0.15, 0.2) is 0 Å². The van der Waals surface area contributed by atoms with Crippen LogP contribution in [0.1, 0.15) is 77.6 Å². The van der Waals surface area contributed by atoms with E-state index >= 15 is 0 Å². The van der Waals surface area contributed by atoms with Gasteiger partial charge in [0, 0.05) is 6.04 Å². The van der Waals surface area contributed by atoms with Gasteiger partial charge in [-0.1, -0.05) is 71.1 Å². The van der Waals surface area contributed by atoms with Crippen molar-refractivity contribution in [1.29, 1.82) is 0 Å². The normalized spacial score (nSPS) is 12.0. The molecule has 0 aromatic rings. The van der Waals surface area contributed by atoms with E-state index in [1.165, 1.54) is 51.4 Å². The van der Waals surface area contributed by atoms with Gasteiger partial charge in [-0.25, -0.2) is 0 Å². The maximum Gasteiger partial charge on any atom is 0.492 e. The van der Waals surface area contributed by atoms with Crippen LogP contribution in [-0.4, -0.2) is 23.2 Å². The SMILES string of the molecule is CCCCCCCCCCCCC[Si](O)(O)O. The molecule has 0 unspecified atom stereocenters. The summed E-state index contributed by atoms with van der Waals surface area (Å²) in [6, 6.07) is 0.198. The van der Waals surface area contributed by atoms with Crippen molar-refractivity contribution in [2.45, 2.75) is 83.6 Å². The molecular formula is C13H30O3Si. The van der Waals surface area contributed by atoms with Gasteiger partial charge in [-0.2, -0.15) is 0 Å². The summed E-state index contributed by atoms with van der Waals surface area (Å²) >= 11 is 0. The first-order chi connectivity index (χ1) is 8.06. The summed E-state index contributed by atoms with van der Waals surface area (Å²) in [5.41, 5.74) is 0. The van der Waals surface area contributed by atoms with Gasteiger partial charge in [0.05, 0.1) is 0 Å². The predicted molar refractivity (Wildman–Crippen MR) is 73.7 cm³/mol. The largest absolute Gasteiger partial charge is 0.492 e. The number of hydrogen-bond acceptors (Lipinski definition) is 3. The molecule has 0 rings (SSSR count). The van der Waals surface area contributed by atoms with Crippen molar-refractivity contribution >= 4 is 8.80 Å². The maximum absolute atomic E-state index is 8.81. The summed E-state index contributed by atoms with van der Waals surface area (Å²) in [6.45, 7) is 2.24. The molecule has 0 aliphatic rings. The van der Waals surface area contributed by atoms with Crippen LogP contribution in [0.3, 0.4) is 0 Å². The van der Waals surface area contributed by atoms with E-state index in [2.05, 4.69) is 6.92 Å². The number of unbranched alkanes of at least 4 members (excludes halogenated alkanes) is 10. The average molecular weight is 262 g/mol. The lowest BCUT2D eigenvalue weighted by atomic mass is 10.1. The molecule has 0 saturated carbocycles. The smallest absolute Gasteiger partial charge is 0.390 e. The van der Waals surface area contributed by atoms with Crippen molar-refractivity contribution in [3.8, 4) is 0 Å². The van der Waals surface area contributed by atoms with Crippen LogP contribution in [0.2, 0.25) is 6.04 Å². The van der Waals surface area contributed by atoms with Gasteiger partial charge >= 0.3 is 8.80 Å². The summed E-state index contributed by atoms with van der Waals surface area (Å²) in [7, 11) is -3.75. The van der Waals surface area contributed by atoms with Crippen molar-refractivity contribution in [1.82, 2.24) is 0 Å². The molecule has 0 heterocycles. The molecule has 3 N–H and O–H groups in total. The second-order valence-corrected chi connectivity index (χ2v) is 7.11. The lowest BCUT2D eigenvalue weighted by Gasteiger charge is -2.08. The monoisotopic (exact) mass is 262 g/mol. The quantitative estimate of drug-likeness (QED) is 0.374. The zero-order valence-corrected chi connectivity index (χ0v) is 12.3. The Labute approximate surface area is 107 Å². The van der Waals surface area contributed by atoms with Crippen LogP contribution in [0.15, 0.2) is 0 Å². The molecule has 104 valence electrons. The second kappa shape index (κ2) is 11.2. The molecule has 0 aromatic heterocycles. The molecule has 0 saturated heterocycles. The van der Waals surface area contributed by atoms with Gasteiger partial charge in [0.25, 0.3) is 0 Å². The third kappa shape index (κ3) is 16.1. The molecule has 0 aliphatic carbocycles. The summed E-state index contributed by atoms with van der Waals surface area (Å²) in [5, 5.41) is 0. The minimum Gasteiger partial charge on any atom is -0.390 e. The van der Waals surface area contributed by atoms with E-state index in [0.717, 1.165) is 19.3 Å². The summed E-state index contributed by atoms with van der Waals surface area (Å²) in [6.07, 6.45) is 13.6. The zero-order chi connectivity index (χ0) is 13.0. The van der Waals surface area contributed by atoms with Crippen molar-refractivity contribution < 1.29 is 14.4 Å². The zero-order valence-electron chi connectivity index (χ0n) is 11.3. The van der Waals surface area contributed by atoms with E-state index in [1.54, 1.807) is 0 Å². The molecule has 0 bridgehead atoms. The van der Waals surface area contributed by atoms with Crippen LogP contribution >= 0.6 is 0 Å². The Hall–Kier alpha value is 0.0969. The van der Waals surface area contributed by atoms with E-state index in [9.17, 15) is 0 Å². The highest BCUT2D eigenvalue weighted by atomic mass is 28.4. The average Bonchev–Trinajstić information content (AvgIpc) is 2.24. The molecule has 0 aliphatic heterocycles. The topological polar surface area (TPSA) is 60.7 Å². The Morgan fingerprint density at radius 3 is 1.29 bits per heavy atom. The highest BCUT2D eigenvalue weighted by molar-refractivity contribution is 6.56. The van der Waals surface area contributed by atoms with E-state index in [0.29, 0.717) is 0 Å². The van der Waals surface area contributed by atoms with Gasteiger partial charge in [-0.15, -0.1) is 0 Å². The fourth-order valence-corrected chi connectivity index (χ4v) is 2.75. The molecule has 4 heteroatoms. The first-order valence-corrected chi connectivity index (χ1v) is 9.28. The highest BCUT2D eigenvalue weighted by Gasteiger charge is 2.25. The van der Waals surface area contributed by atoms with Crippen molar-refractivity contribution in [2.24, 2.45) is 0 Å². The highest BCUT2D eigenvalue weighted by Crippen LogP contribution is 2.13. The Balaban J connectivity index is 2.99. The Morgan fingerprint density at radius 2 is 0.941 bits per heavy atom. The van der Waals surface area contributed by atoms with Crippen molar-refractivity contribution in [3.63, 3.8) is 0 Å². The molecule has 0 radical (unpaired) electrons. The van der Waals surface area contributed by atoms with Gasteiger partial charge in [-0.3, -0.25) is 0 Å². The Bertz CT molecular complexity index is 157. The summed E-state index contributed by atoms with van der Waals surface area (Å²) < 4.78 is 0. The second-order valence-electron chi connectivity index (χ2n) is 5.06. The van der Waals surface area contributed by atoms with Crippen molar-refractivity contribution in [2.75, 3.05) is 0 Å². The minimum absolute atomic E-state index is 0.198. The molecule has 0 spiro atoms. The van der Waals surface area contributed by atoms with E-state index in [-0.39, 0.29) is 6.04 Å². The summed E-state index contributed by atoms with van der Waals surface area (Å²) in [5.74, 6) is 0. The van der Waals surface area contributed by atoms with Gasteiger partial charge in [0.1, 0.15) is 0 Å². The number of rotatable bonds is 12. The fraction of sp³-hybridized carbons (Fsp3) is 1.00. The molecule has 0 amide bonds. The lowest BCUT2D eigenvalue weighted by Crippen LogP contribution is -2.33. The van der Waals surface area contributed by atoms with Crippen LogP contribution in [0, 0.1) is 0 Å². The maximum atomic E-state index is 8.81. The fourth-order valence-electron chi connectivity index (χ4n) is 2.03. The Morgan fingerprint density at radius 1 is 0.588 bits per heavy atom. The summed E-state index contributed by atoms with van der Waals surface area (Å²) in [4.78, 5) is 26.4. The Kier molecular flexibility index (Phi) is 11.3. The van der Waals surface area contributed by atoms with E-state index < -0.39 is 8.80 Å². The molecule has 17 heavy (non-hydrogen) atoms. The molecule has 0 atom stereocenters. The van der Waals surface area contributed by atoms with Crippen LogP contribution < -0.4 is 0 Å². The molecular weight excluding hydrogens is 232 g/mol. The van der Waals surface area contributed by atoms with Crippen LogP contribution in [0.5, 0.6) is 0 Å². The first kappa shape index (κ1) is 17.1. The van der Waals surface area contributed by atoms with Gasteiger partial charge < -0.3 is 14.4 Å².